The largest absolute Gasteiger partial charge is 0.493 e. The molecule has 6 heteroatoms. The fourth-order valence-electron chi connectivity index (χ4n) is 3.06. The zero-order chi connectivity index (χ0) is 17.1. The zero-order valence-electron chi connectivity index (χ0n) is 14.2. The second-order valence-electron chi connectivity index (χ2n) is 5.62. The van der Waals surface area contributed by atoms with Gasteiger partial charge in [0.2, 0.25) is 5.75 Å². The maximum absolute atomic E-state index is 12.7. The van der Waals surface area contributed by atoms with E-state index in [1.165, 1.54) is 0 Å². The molecule has 3 rings (SSSR count). The highest BCUT2D eigenvalue weighted by Gasteiger charge is 2.20. The Labute approximate surface area is 141 Å². The van der Waals surface area contributed by atoms with Gasteiger partial charge < -0.3 is 24.4 Å². The van der Waals surface area contributed by atoms with Gasteiger partial charge in [0.05, 0.1) is 21.3 Å². The van der Waals surface area contributed by atoms with E-state index in [0.717, 1.165) is 37.0 Å². The van der Waals surface area contributed by atoms with E-state index < -0.39 is 0 Å². The Morgan fingerprint density at radius 2 is 1.71 bits per heavy atom. The number of nitrogens with zero attached hydrogens (tertiary/aromatic N) is 1. The first kappa shape index (κ1) is 16.4. The molecule has 0 radical (unpaired) electrons. The van der Waals surface area contributed by atoms with Crippen LogP contribution in [-0.2, 0) is 0 Å². The van der Waals surface area contributed by atoms with Gasteiger partial charge in [-0.3, -0.25) is 4.79 Å². The van der Waals surface area contributed by atoms with Crippen molar-refractivity contribution >= 4 is 16.7 Å². The van der Waals surface area contributed by atoms with E-state index in [4.69, 9.17) is 14.2 Å². The molecule has 2 aromatic carbocycles. The minimum Gasteiger partial charge on any atom is -0.493 e. The number of hydrogen-bond acceptors (Lipinski definition) is 5. The lowest BCUT2D eigenvalue weighted by Gasteiger charge is -2.27. The summed E-state index contributed by atoms with van der Waals surface area (Å²) in [5.74, 6) is 1.78. The molecule has 24 heavy (non-hydrogen) atoms. The van der Waals surface area contributed by atoms with Crippen molar-refractivity contribution in [3.63, 3.8) is 0 Å². The molecule has 1 N–H and O–H groups in total. The number of ether oxygens (including phenoxy) is 3. The molecule has 0 spiro atoms. The monoisotopic (exact) mass is 330 g/mol. The molecule has 0 bridgehead atoms. The number of rotatable bonds is 4. The lowest BCUT2D eigenvalue weighted by Crippen LogP contribution is -2.46. The van der Waals surface area contributed by atoms with Crippen LogP contribution in [-0.4, -0.2) is 58.3 Å². The van der Waals surface area contributed by atoms with Crippen LogP contribution >= 0.6 is 0 Å². The molecular formula is C18H22N2O4. The van der Waals surface area contributed by atoms with Crippen LogP contribution in [0.3, 0.4) is 0 Å². The van der Waals surface area contributed by atoms with Crippen LogP contribution in [0, 0.1) is 0 Å². The number of amides is 1. The number of nitrogens with one attached hydrogen (secondary N) is 1. The summed E-state index contributed by atoms with van der Waals surface area (Å²) in [6, 6.07) is 7.47. The summed E-state index contributed by atoms with van der Waals surface area (Å²) < 4.78 is 16.3. The van der Waals surface area contributed by atoms with Crippen molar-refractivity contribution in [3.8, 4) is 17.2 Å². The molecule has 1 amide bonds. The third-order valence-corrected chi connectivity index (χ3v) is 4.29. The minimum absolute atomic E-state index is 0.0483. The van der Waals surface area contributed by atoms with Crippen LogP contribution in [0.4, 0.5) is 0 Å². The molecule has 128 valence electrons. The highest BCUT2D eigenvalue weighted by atomic mass is 16.5. The number of piperazine rings is 1. The normalized spacial score (nSPS) is 14.5. The summed E-state index contributed by atoms with van der Waals surface area (Å²) in [6.45, 7) is 3.12. The fraction of sp³-hybridized carbons (Fsp3) is 0.389. The van der Waals surface area contributed by atoms with E-state index in [-0.39, 0.29) is 5.91 Å². The summed E-state index contributed by atoms with van der Waals surface area (Å²) in [7, 11) is 4.75. The third kappa shape index (κ3) is 2.85. The average Bonchev–Trinajstić information content (AvgIpc) is 2.65. The topological polar surface area (TPSA) is 60.0 Å². The lowest BCUT2D eigenvalue weighted by atomic mass is 10.0. The van der Waals surface area contributed by atoms with Crippen molar-refractivity contribution in [1.82, 2.24) is 10.2 Å². The van der Waals surface area contributed by atoms with E-state index in [0.29, 0.717) is 22.8 Å². The van der Waals surface area contributed by atoms with Crippen molar-refractivity contribution in [2.75, 3.05) is 47.5 Å². The van der Waals surface area contributed by atoms with Gasteiger partial charge in [-0.1, -0.05) is 0 Å². The van der Waals surface area contributed by atoms with Crippen molar-refractivity contribution < 1.29 is 19.0 Å². The Hall–Kier alpha value is -2.47. The second kappa shape index (κ2) is 6.97. The minimum atomic E-state index is 0.0483. The number of carbonyl (C=O) groups excluding carboxylic acids is 1. The van der Waals surface area contributed by atoms with Crippen LogP contribution in [0.2, 0.25) is 0 Å². The maximum Gasteiger partial charge on any atom is 0.253 e. The lowest BCUT2D eigenvalue weighted by molar-refractivity contribution is 0.0736. The van der Waals surface area contributed by atoms with Crippen molar-refractivity contribution in [2.24, 2.45) is 0 Å². The highest BCUT2D eigenvalue weighted by molar-refractivity contribution is 6.01. The van der Waals surface area contributed by atoms with Crippen molar-refractivity contribution in [3.05, 3.63) is 29.8 Å². The highest BCUT2D eigenvalue weighted by Crippen LogP contribution is 2.43. The quantitative estimate of drug-likeness (QED) is 0.928. The van der Waals surface area contributed by atoms with Gasteiger partial charge >= 0.3 is 0 Å². The van der Waals surface area contributed by atoms with Gasteiger partial charge in [0.1, 0.15) is 0 Å². The second-order valence-corrected chi connectivity index (χ2v) is 5.62. The molecular weight excluding hydrogens is 308 g/mol. The molecule has 6 nitrogen and oxygen atoms in total. The van der Waals surface area contributed by atoms with Gasteiger partial charge in [0.15, 0.2) is 11.5 Å². The third-order valence-electron chi connectivity index (χ3n) is 4.29. The first-order valence-corrected chi connectivity index (χ1v) is 7.92. The zero-order valence-corrected chi connectivity index (χ0v) is 14.2. The van der Waals surface area contributed by atoms with Gasteiger partial charge in [-0.2, -0.15) is 0 Å². The molecule has 1 saturated heterocycles. The SMILES string of the molecule is COc1cc2cc(C(=O)N3CCNCC3)ccc2c(OC)c1OC. The summed E-state index contributed by atoms with van der Waals surface area (Å²) in [5, 5.41) is 5.01. The maximum atomic E-state index is 12.7. The van der Waals surface area contributed by atoms with E-state index in [1.54, 1.807) is 21.3 Å². The summed E-state index contributed by atoms with van der Waals surface area (Å²) in [5.41, 5.74) is 0.665. The number of benzene rings is 2. The van der Waals surface area contributed by atoms with Gasteiger partial charge in [-0.05, 0) is 29.7 Å². The van der Waals surface area contributed by atoms with E-state index >= 15 is 0 Å². The summed E-state index contributed by atoms with van der Waals surface area (Å²) >= 11 is 0. The molecule has 0 unspecified atom stereocenters. The predicted octanol–water partition coefficient (Wildman–Crippen LogP) is 1.91. The van der Waals surface area contributed by atoms with Gasteiger partial charge in [0.25, 0.3) is 5.91 Å². The number of carbonyl (C=O) groups is 1. The van der Waals surface area contributed by atoms with Crippen LogP contribution in [0.5, 0.6) is 17.2 Å². The summed E-state index contributed by atoms with van der Waals surface area (Å²) in [4.78, 5) is 14.6. The Morgan fingerprint density at radius 1 is 1.00 bits per heavy atom. The Kier molecular flexibility index (Phi) is 4.76. The molecule has 2 aromatic rings. The molecule has 1 aliphatic rings. The van der Waals surface area contributed by atoms with Gasteiger partial charge in [-0.25, -0.2) is 0 Å². The molecule has 0 aliphatic carbocycles. The van der Waals surface area contributed by atoms with Gasteiger partial charge in [0, 0.05) is 37.1 Å². The molecule has 1 heterocycles. The van der Waals surface area contributed by atoms with Crippen molar-refractivity contribution in [1.29, 1.82) is 0 Å². The molecule has 0 saturated carbocycles. The van der Waals surface area contributed by atoms with Gasteiger partial charge in [-0.15, -0.1) is 0 Å². The standard InChI is InChI=1S/C18H22N2O4/c1-22-15-11-13-10-12(18(21)20-8-6-19-7-9-20)4-5-14(13)16(23-2)17(15)24-3/h4-5,10-11,19H,6-9H2,1-3H3. The predicted molar refractivity (Wildman–Crippen MR) is 92.4 cm³/mol. The van der Waals surface area contributed by atoms with E-state index in [1.807, 2.05) is 29.2 Å². The van der Waals surface area contributed by atoms with E-state index in [9.17, 15) is 4.79 Å². The van der Waals surface area contributed by atoms with Crippen LogP contribution in [0.15, 0.2) is 24.3 Å². The molecule has 1 aliphatic heterocycles. The first-order valence-electron chi connectivity index (χ1n) is 7.92. The Morgan fingerprint density at radius 3 is 2.33 bits per heavy atom. The van der Waals surface area contributed by atoms with E-state index in [2.05, 4.69) is 5.32 Å². The Bertz CT molecular complexity index is 754. The average molecular weight is 330 g/mol. The Balaban J connectivity index is 2.05. The first-order chi connectivity index (χ1) is 11.7. The smallest absolute Gasteiger partial charge is 0.253 e. The molecule has 0 aromatic heterocycles. The number of hydrogen-bond donors (Lipinski definition) is 1. The number of methoxy groups -OCH3 is 3. The molecule has 1 fully saturated rings. The van der Waals surface area contributed by atoms with Crippen LogP contribution < -0.4 is 19.5 Å². The fourth-order valence-corrected chi connectivity index (χ4v) is 3.06. The summed E-state index contributed by atoms with van der Waals surface area (Å²) in [6.07, 6.45) is 0. The number of fused-ring (bicyclic) bond motifs is 1. The molecule has 0 atom stereocenters. The van der Waals surface area contributed by atoms with Crippen molar-refractivity contribution in [2.45, 2.75) is 0 Å². The van der Waals surface area contributed by atoms with Crippen LogP contribution in [0.25, 0.3) is 10.8 Å². The van der Waals surface area contributed by atoms with Crippen LogP contribution in [0.1, 0.15) is 10.4 Å².